The van der Waals surface area contributed by atoms with Gasteiger partial charge in [-0.25, -0.2) is 0 Å². The summed E-state index contributed by atoms with van der Waals surface area (Å²) in [5.41, 5.74) is 0.688. The van der Waals surface area contributed by atoms with Crippen molar-refractivity contribution in [2.45, 2.75) is 30.9 Å². The first kappa shape index (κ1) is 15.2. The average Bonchev–Trinajstić information content (AvgIpc) is 2.95. The smallest absolute Gasteiger partial charge is 0.315 e. The van der Waals surface area contributed by atoms with Gasteiger partial charge in [-0.05, 0) is 19.1 Å². The van der Waals surface area contributed by atoms with Crippen LogP contribution in [0.4, 0.5) is 0 Å². The van der Waals surface area contributed by atoms with E-state index < -0.39 is 15.7 Å². The molecule has 1 aromatic carbocycles. The van der Waals surface area contributed by atoms with Gasteiger partial charge in [-0.3, -0.25) is 4.79 Å². The molecule has 1 aliphatic heterocycles. The van der Waals surface area contributed by atoms with E-state index in [1.54, 1.807) is 19.1 Å². The van der Waals surface area contributed by atoms with Gasteiger partial charge in [-0.1, -0.05) is 11.6 Å². The van der Waals surface area contributed by atoms with E-state index in [0.717, 1.165) is 5.56 Å². The second-order valence-corrected chi connectivity index (χ2v) is 7.37. The van der Waals surface area contributed by atoms with Crippen molar-refractivity contribution in [2.24, 2.45) is 5.41 Å². The SMILES string of the molecule is C[C@@]1(C(=O)OCc2cc(Cl)cc3c2OCOC3)CC1(Cl)Cl. The third kappa shape index (κ3) is 2.70. The summed E-state index contributed by atoms with van der Waals surface area (Å²) in [7, 11) is 0. The van der Waals surface area contributed by atoms with Crippen LogP contribution in [0.15, 0.2) is 12.1 Å². The zero-order valence-electron chi connectivity index (χ0n) is 11.3. The topological polar surface area (TPSA) is 44.8 Å². The van der Waals surface area contributed by atoms with Crippen molar-refractivity contribution >= 4 is 40.8 Å². The fourth-order valence-electron chi connectivity index (χ4n) is 2.29. The van der Waals surface area contributed by atoms with Gasteiger partial charge >= 0.3 is 5.97 Å². The third-order valence-corrected chi connectivity index (χ3v) is 5.14. The molecular weight excluding hydrogens is 339 g/mol. The zero-order chi connectivity index (χ0) is 15.3. The highest BCUT2D eigenvalue weighted by Crippen LogP contribution is 2.64. The fourth-order valence-corrected chi connectivity index (χ4v) is 3.24. The quantitative estimate of drug-likeness (QED) is 0.613. The first-order chi connectivity index (χ1) is 9.83. The Balaban J connectivity index is 1.74. The molecule has 114 valence electrons. The molecule has 0 radical (unpaired) electrons. The minimum Gasteiger partial charge on any atom is -0.467 e. The summed E-state index contributed by atoms with van der Waals surface area (Å²) in [5, 5.41) is 0.538. The van der Waals surface area contributed by atoms with Gasteiger partial charge in [0.25, 0.3) is 0 Å². The summed E-state index contributed by atoms with van der Waals surface area (Å²) >= 11 is 18.0. The minimum atomic E-state index is -1.04. The van der Waals surface area contributed by atoms with Gasteiger partial charge in [0, 0.05) is 22.6 Å². The number of rotatable bonds is 3. The van der Waals surface area contributed by atoms with Crippen molar-refractivity contribution < 1.29 is 19.0 Å². The molecule has 1 aromatic rings. The molecule has 0 spiro atoms. The molecule has 7 heteroatoms. The van der Waals surface area contributed by atoms with Gasteiger partial charge in [0.15, 0.2) is 6.79 Å². The van der Waals surface area contributed by atoms with Crippen molar-refractivity contribution in [3.63, 3.8) is 0 Å². The summed E-state index contributed by atoms with van der Waals surface area (Å²) in [4.78, 5) is 12.1. The molecule has 4 nitrogen and oxygen atoms in total. The van der Waals surface area contributed by atoms with Gasteiger partial charge in [0.05, 0.1) is 6.61 Å². The number of hydrogen-bond acceptors (Lipinski definition) is 4. The van der Waals surface area contributed by atoms with Gasteiger partial charge in [-0.2, -0.15) is 0 Å². The molecule has 0 amide bonds. The molecule has 1 saturated carbocycles. The maximum absolute atomic E-state index is 12.1. The molecule has 0 saturated heterocycles. The predicted molar refractivity (Wildman–Crippen MR) is 78.7 cm³/mol. The monoisotopic (exact) mass is 350 g/mol. The molecule has 0 aromatic heterocycles. The molecule has 2 aliphatic rings. The van der Waals surface area contributed by atoms with E-state index in [1.807, 2.05) is 0 Å². The number of benzene rings is 1. The largest absolute Gasteiger partial charge is 0.467 e. The van der Waals surface area contributed by atoms with Gasteiger partial charge < -0.3 is 14.2 Å². The first-order valence-electron chi connectivity index (χ1n) is 6.40. The van der Waals surface area contributed by atoms with Crippen molar-refractivity contribution in [3.05, 3.63) is 28.3 Å². The van der Waals surface area contributed by atoms with Crippen LogP contribution in [0.5, 0.6) is 5.75 Å². The molecule has 0 bridgehead atoms. The van der Waals surface area contributed by atoms with E-state index >= 15 is 0 Å². The molecule has 1 atom stereocenters. The molecule has 1 heterocycles. The van der Waals surface area contributed by atoms with Gasteiger partial charge in [-0.15, -0.1) is 23.2 Å². The fraction of sp³-hybridized carbons (Fsp3) is 0.500. The molecule has 3 rings (SSSR count). The second-order valence-electron chi connectivity index (χ2n) is 5.45. The second kappa shape index (κ2) is 5.20. The van der Waals surface area contributed by atoms with Crippen LogP contribution in [-0.2, 0) is 27.5 Å². The van der Waals surface area contributed by atoms with E-state index in [0.29, 0.717) is 29.4 Å². The van der Waals surface area contributed by atoms with Crippen LogP contribution < -0.4 is 4.74 Å². The molecule has 21 heavy (non-hydrogen) atoms. The summed E-state index contributed by atoms with van der Waals surface area (Å²) in [5.74, 6) is 0.232. The lowest BCUT2D eigenvalue weighted by Crippen LogP contribution is -2.21. The number of halogens is 3. The Morgan fingerprint density at radius 1 is 1.43 bits per heavy atom. The average molecular weight is 352 g/mol. The summed E-state index contributed by atoms with van der Waals surface area (Å²) in [6.45, 7) is 2.33. The van der Waals surface area contributed by atoms with E-state index in [-0.39, 0.29) is 13.4 Å². The van der Waals surface area contributed by atoms with Crippen LogP contribution in [-0.4, -0.2) is 17.1 Å². The molecule has 0 N–H and O–H groups in total. The van der Waals surface area contributed by atoms with Gasteiger partial charge in [0.2, 0.25) is 0 Å². The normalized spacial score (nSPS) is 25.7. The van der Waals surface area contributed by atoms with Crippen LogP contribution in [0.3, 0.4) is 0 Å². The van der Waals surface area contributed by atoms with Crippen molar-refractivity contribution in [1.82, 2.24) is 0 Å². The molecular formula is C14H13Cl3O4. The maximum atomic E-state index is 12.1. The van der Waals surface area contributed by atoms with Crippen LogP contribution >= 0.6 is 34.8 Å². The number of fused-ring (bicyclic) bond motifs is 1. The number of esters is 1. The van der Waals surface area contributed by atoms with E-state index in [1.165, 1.54) is 0 Å². The zero-order valence-corrected chi connectivity index (χ0v) is 13.5. The Hall–Kier alpha value is -0.680. The van der Waals surface area contributed by atoms with Crippen LogP contribution in [0.2, 0.25) is 5.02 Å². The summed E-state index contributed by atoms with van der Waals surface area (Å²) < 4.78 is 14.9. The van der Waals surface area contributed by atoms with Crippen LogP contribution in [0.25, 0.3) is 0 Å². The first-order valence-corrected chi connectivity index (χ1v) is 7.54. The lowest BCUT2D eigenvalue weighted by molar-refractivity contribution is -0.151. The molecule has 1 fully saturated rings. The number of ether oxygens (including phenoxy) is 3. The Morgan fingerprint density at radius 2 is 2.14 bits per heavy atom. The molecule has 1 aliphatic carbocycles. The number of carbonyl (C=O) groups is 1. The highest BCUT2D eigenvalue weighted by Gasteiger charge is 2.69. The van der Waals surface area contributed by atoms with E-state index in [2.05, 4.69) is 0 Å². The maximum Gasteiger partial charge on any atom is 0.315 e. The van der Waals surface area contributed by atoms with E-state index in [4.69, 9.17) is 49.0 Å². The third-order valence-electron chi connectivity index (χ3n) is 3.82. The number of alkyl halides is 2. The Morgan fingerprint density at radius 3 is 2.81 bits per heavy atom. The lowest BCUT2D eigenvalue weighted by atomic mass is 10.1. The van der Waals surface area contributed by atoms with Crippen molar-refractivity contribution in [1.29, 1.82) is 0 Å². The van der Waals surface area contributed by atoms with E-state index in [9.17, 15) is 4.79 Å². The Kier molecular flexibility index (Phi) is 3.77. The molecule has 0 unspecified atom stereocenters. The Bertz CT molecular complexity index is 602. The standard InChI is InChI=1S/C14H13Cl3O4/c1-13(6-14(13,16)17)12(18)20-5-9-3-10(15)2-8-4-19-7-21-11(8)9/h2-3H,4-7H2,1H3/t13-/m0/s1. The summed E-state index contributed by atoms with van der Waals surface area (Å²) in [6.07, 6.45) is 0.389. The number of carbonyl (C=O) groups excluding carboxylic acids is 1. The Labute approximate surface area is 137 Å². The highest BCUT2D eigenvalue weighted by molar-refractivity contribution is 6.53. The minimum absolute atomic E-state index is 0.0567. The van der Waals surface area contributed by atoms with Crippen molar-refractivity contribution in [2.75, 3.05) is 6.79 Å². The highest BCUT2D eigenvalue weighted by atomic mass is 35.5. The van der Waals surface area contributed by atoms with Crippen LogP contribution in [0, 0.1) is 5.41 Å². The number of hydrogen-bond donors (Lipinski definition) is 0. The lowest BCUT2D eigenvalue weighted by Gasteiger charge is -2.21. The van der Waals surface area contributed by atoms with Gasteiger partial charge in [0.1, 0.15) is 22.1 Å². The van der Waals surface area contributed by atoms with Crippen LogP contribution in [0.1, 0.15) is 24.5 Å². The van der Waals surface area contributed by atoms with Crippen molar-refractivity contribution in [3.8, 4) is 5.75 Å². The predicted octanol–water partition coefficient (Wildman–Crippen LogP) is 3.83. The summed E-state index contributed by atoms with van der Waals surface area (Å²) in [6, 6.07) is 3.48.